The standard InChI is InChI=1S/C22H25ClN2O3/c1-15(17-5-2-3-6-18(17)23)24-22(26)14-25-10-4-7-19(25)16-8-9-20-21(13-16)28-12-11-27-20/h2-3,5-6,8-9,13,15,19H,4,7,10-12,14H2,1H3,(H,24,26)/t15-,19-/m0/s1. The second kappa shape index (κ2) is 8.41. The van der Waals surface area contributed by atoms with Crippen LogP contribution in [0.1, 0.15) is 43.0 Å². The first-order valence-corrected chi connectivity index (χ1v) is 10.2. The maximum atomic E-state index is 12.7. The number of amides is 1. The molecule has 0 bridgehead atoms. The van der Waals surface area contributed by atoms with E-state index in [2.05, 4.69) is 22.3 Å². The highest BCUT2D eigenvalue weighted by Crippen LogP contribution is 2.37. The molecule has 2 aromatic rings. The van der Waals surface area contributed by atoms with Crippen LogP contribution in [-0.4, -0.2) is 37.1 Å². The number of nitrogens with zero attached hydrogens (tertiary/aromatic N) is 1. The largest absolute Gasteiger partial charge is 0.486 e. The average Bonchev–Trinajstić information content (AvgIpc) is 3.15. The predicted molar refractivity (Wildman–Crippen MR) is 109 cm³/mol. The summed E-state index contributed by atoms with van der Waals surface area (Å²) in [5.74, 6) is 1.61. The quantitative estimate of drug-likeness (QED) is 0.820. The molecule has 4 rings (SSSR count). The van der Waals surface area contributed by atoms with Gasteiger partial charge in [0.05, 0.1) is 12.6 Å². The first-order valence-electron chi connectivity index (χ1n) is 9.79. The predicted octanol–water partition coefficient (Wildman–Crippen LogP) is 4.13. The Hall–Kier alpha value is -2.24. The molecule has 5 nitrogen and oxygen atoms in total. The summed E-state index contributed by atoms with van der Waals surface area (Å²) in [6.45, 7) is 4.40. The molecule has 0 aromatic heterocycles. The van der Waals surface area contributed by atoms with Crippen molar-refractivity contribution in [3.05, 3.63) is 58.6 Å². The molecule has 6 heteroatoms. The molecule has 0 saturated carbocycles. The molecule has 0 radical (unpaired) electrons. The summed E-state index contributed by atoms with van der Waals surface area (Å²) in [5, 5.41) is 3.75. The van der Waals surface area contributed by atoms with Crippen LogP contribution in [-0.2, 0) is 4.79 Å². The van der Waals surface area contributed by atoms with E-state index < -0.39 is 0 Å². The molecule has 2 atom stereocenters. The monoisotopic (exact) mass is 400 g/mol. The summed E-state index contributed by atoms with van der Waals surface area (Å²) >= 11 is 6.25. The lowest BCUT2D eigenvalue weighted by atomic mass is 10.0. The Bertz CT molecular complexity index is 857. The number of likely N-dealkylation sites (tertiary alicyclic amines) is 1. The number of carbonyl (C=O) groups is 1. The van der Waals surface area contributed by atoms with Crippen LogP contribution in [0.2, 0.25) is 5.02 Å². The van der Waals surface area contributed by atoms with Crippen LogP contribution in [0, 0.1) is 0 Å². The van der Waals surface area contributed by atoms with Gasteiger partial charge >= 0.3 is 0 Å². The van der Waals surface area contributed by atoms with Gasteiger partial charge in [0.15, 0.2) is 11.5 Å². The molecule has 148 valence electrons. The lowest BCUT2D eigenvalue weighted by Gasteiger charge is -2.27. The van der Waals surface area contributed by atoms with Gasteiger partial charge in [-0.1, -0.05) is 35.9 Å². The van der Waals surface area contributed by atoms with E-state index in [1.807, 2.05) is 37.3 Å². The summed E-state index contributed by atoms with van der Waals surface area (Å²) in [4.78, 5) is 14.9. The van der Waals surface area contributed by atoms with Crippen LogP contribution in [0.3, 0.4) is 0 Å². The Morgan fingerprint density at radius 1 is 1.21 bits per heavy atom. The van der Waals surface area contributed by atoms with Crippen LogP contribution >= 0.6 is 11.6 Å². The Morgan fingerprint density at radius 2 is 2.00 bits per heavy atom. The van der Waals surface area contributed by atoms with E-state index in [4.69, 9.17) is 21.1 Å². The van der Waals surface area contributed by atoms with E-state index in [1.165, 1.54) is 5.56 Å². The van der Waals surface area contributed by atoms with Crippen molar-refractivity contribution in [2.24, 2.45) is 0 Å². The minimum atomic E-state index is -0.128. The van der Waals surface area contributed by atoms with Crippen LogP contribution in [0.4, 0.5) is 0 Å². The summed E-state index contributed by atoms with van der Waals surface area (Å²) in [7, 11) is 0. The van der Waals surface area contributed by atoms with E-state index in [1.54, 1.807) is 0 Å². The maximum Gasteiger partial charge on any atom is 0.234 e. The van der Waals surface area contributed by atoms with E-state index in [0.717, 1.165) is 36.4 Å². The third-order valence-electron chi connectivity index (χ3n) is 5.41. The molecule has 2 heterocycles. The van der Waals surface area contributed by atoms with Gasteiger partial charge in [0.1, 0.15) is 13.2 Å². The zero-order chi connectivity index (χ0) is 19.5. The first kappa shape index (κ1) is 19.1. The van der Waals surface area contributed by atoms with Crippen LogP contribution in [0.25, 0.3) is 0 Å². The normalized spacial score (nSPS) is 20.0. The smallest absolute Gasteiger partial charge is 0.234 e. The molecule has 1 amide bonds. The highest BCUT2D eigenvalue weighted by molar-refractivity contribution is 6.31. The number of carbonyl (C=O) groups excluding carboxylic acids is 1. The minimum Gasteiger partial charge on any atom is -0.486 e. The minimum absolute atomic E-state index is 0.0110. The lowest BCUT2D eigenvalue weighted by molar-refractivity contribution is -0.123. The molecular weight excluding hydrogens is 376 g/mol. The van der Waals surface area contributed by atoms with Gasteiger partial charge in [-0.25, -0.2) is 0 Å². The maximum absolute atomic E-state index is 12.7. The van der Waals surface area contributed by atoms with Crippen molar-refractivity contribution in [1.29, 1.82) is 0 Å². The Labute approximate surface area is 170 Å². The zero-order valence-electron chi connectivity index (χ0n) is 16.0. The van der Waals surface area contributed by atoms with E-state index in [9.17, 15) is 4.79 Å². The van der Waals surface area contributed by atoms with Gasteiger partial charge in [-0.3, -0.25) is 9.69 Å². The van der Waals surface area contributed by atoms with E-state index in [-0.39, 0.29) is 18.0 Å². The average molecular weight is 401 g/mol. The Kier molecular flexibility index (Phi) is 5.74. The van der Waals surface area contributed by atoms with Crippen molar-refractivity contribution in [3.63, 3.8) is 0 Å². The van der Waals surface area contributed by atoms with Gasteiger partial charge in [-0.2, -0.15) is 0 Å². The summed E-state index contributed by atoms with van der Waals surface area (Å²) in [6.07, 6.45) is 2.11. The van der Waals surface area contributed by atoms with Gasteiger partial charge in [0.2, 0.25) is 5.91 Å². The first-order chi connectivity index (χ1) is 13.6. The van der Waals surface area contributed by atoms with Gasteiger partial charge in [0, 0.05) is 11.1 Å². The summed E-state index contributed by atoms with van der Waals surface area (Å²) in [6, 6.07) is 13.8. The SMILES string of the molecule is C[C@H](NC(=O)CN1CCC[C@H]1c1ccc2c(c1)OCCO2)c1ccccc1Cl. The number of rotatable bonds is 5. The van der Waals surface area contributed by atoms with Gasteiger partial charge in [-0.15, -0.1) is 0 Å². The van der Waals surface area contributed by atoms with Gasteiger partial charge in [-0.05, 0) is 55.6 Å². The summed E-state index contributed by atoms with van der Waals surface area (Å²) in [5.41, 5.74) is 2.11. The fourth-order valence-electron chi connectivity index (χ4n) is 4.04. The molecule has 0 spiro atoms. The second-order valence-corrected chi connectivity index (χ2v) is 7.75. The summed E-state index contributed by atoms with van der Waals surface area (Å²) < 4.78 is 11.3. The molecule has 0 aliphatic carbocycles. The van der Waals surface area contributed by atoms with Crippen LogP contribution in [0.5, 0.6) is 11.5 Å². The molecule has 0 unspecified atom stereocenters. The third-order valence-corrected chi connectivity index (χ3v) is 5.75. The third kappa shape index (κ3) is 4.10. The van der Waals surface area contributed by atoms with E-state index >= 15 is 0 Å². The number of fused-ring (bicyclic) bond motifs is 1. The highest BCUT2D eigenvalue weighted by Gasteiger charge is 2.29. The molecule has 1 N–H and O–H groups in total. The fourth-order valence-corrected chi connectivity index (χ4v) is 4.34. The number of benzene rings is 2. The lowest BCUT2D eigenvalue weighted by Crippen LogP contribution is -2.38. The van der Waals surface area contributed by atoms with Gasteiger partial charge < -0.3 is 14.8 Å². The molecule has 1 saturated heterocycles. The van der Waals surface area contributed by atoms with Crippen LogP contribution < -0.4 is 14.8 Å². The number of hydrogen-bond donors (Lipinski definition) is 1. The second-order valence-electron chi connectivity index (χ2n) is 7.34. The molecule has 28 heavy (non-hydrogen) atoms. The molecule has 2 aliphatic heterocycles. The topological polar surface area (TPSA) is 50.8 Å². The molecule has 1 fully saturated rings. The number of ether oxygens (including phenoxy) is 2. The van der Waals surface area contributed by atoms with Crippen LogP contribution in [0.15, 0.2) is 42.5 Å². The van der Waals surface area contributed by atoms with Crippen molar-refractivity contribution >= 4 is 17.5 Å². The van der Waals surface area contributed by atoms with Crippen molar-refractivity contribution in [1.82, 2.24) is 10.2 Å². The zero-order valence-corrected chi connectivity index (χ0v) is 16.7. The molecular formula is C22H25ClN2O3. The Morgan fingerprint density at radius 3 is 2.82 bits per heavy atom. The van der Waals surface area contributed by atoms with Crippen molar-refractivity contribution in [2.75, 3.05) is 26.3 Å². The Balaban J connectivity index is 1.41. The van der Waals surface area contributed by atoms with Crippen molar-refractivity contribution < 1.29 is 14.3 Å². The van der Waals surface area contributed by atoms with E-state index in [0.29, 0.717) is 24.8 Å². The van der Waals surface area contributed by atoms with Crippen molar-refractivity contribution in [2.45, 2.75) is 31.8 Å². The number of nitrogens with one attached hydrogen (secondary N) is 1. The molecule has 2 aliphatic rings. The van der Waals surface area contributed by atoms with Gasteiger partial charge in [0.25, 0.3) is 0 Å². The van der Waals surface area contributed by atoms with Crippen molar-refractivity contribution in [3.8, 4) is 11.5 Å². The fraction of sp³-hybridized carbons (Fsp3) is 0.409. The number of hydrogen-bond acceptors (Lipinski definition) is 4. The highest BCUT2D eigenvalue weighted by atomic mass is 35.5. The number of halogens is 1. The molecule has 2 aromatic carbocycles.